The van der Waals surface area contributed by atoms with Crippen LogP contribution < -0.4 is 0 Å². The number of nitrogens with zero attached hydrogens (tertiary/aromatic N) is 2. The first-order chi connectivity index (χ1) is 16.1. The van der Waals surface area contributed by atoms with Gasteiger partial charge >= 0.3 is 0 Å². The number of hydrogen-bond donors (Lipinski definition) is 1. The molecular weight excluding hydrogens is 439 g/mol. The lowest BCUT2D eigenvalue weighted by Gasteiger charge is -2.47. The highest BCUT2D eigenvalue weighted by Crippen LogP contribution is 2.33. The van der Waals surface area contributed by atoms with Crippen LogP contribution in [0.2, 0.25) is 0 Å². The largest absolute Gasteiger partial charge is 0.396 e. The number of carbonyl (C=O) groups excluding carboxylic acids is 1. The first kappa shape index (κ1) is 22.5. The number of rotatable bonds is 5. The quantitative estimate of drug-likeness (QED) is 0.613. The smallest absolute Gasteiger partial charge is 0.264 e. The van der Waals surface area contributed by atoms with Crippen LogP contribution >= 0.6 is 11.3 Å². The Balaban J connectivity index is 1.22. The zero-order chi connectivity index (χ0) is 22.8. The fraction of sp³-hybridized carbons (Fsp3) is 0.423. The van der Waals surface area contributed by atoms with Crippen LogP contribution in [-0.4, -0.2) is 65.8 Å². The third kappa shape index (κ3) is 4.68. The molecule has 1 aromatic heterocycles. The zero-order valence-electron chi connectivity index (χ0n) is 18.6. The summed E-state index contributed by atoms with van der Waals surface area (Å²) in [6.07, 6.45) is 1.97. The number of benzene rings is 2. The number of piperidine rings is 1. The Morgan fingerprint density at radius 2 is 1.88 bits per heavy atom. The molecule has 0 aliphatic carbocycles. The second-order valence-electron chi connectivity index (χ2n) is 9.05. The maximum Gasteiger partial charge on any atom is 0.264 e. The van der Waals surface area contributed by atoms with Crippen molar-refractivity contribution in [2.75, 3.05) is 39.4 Å². The molecule has 3 aromatic rings. The lowest BCUT2D eigenvalue weighted by Crippen LogP contribution is -2.57. The van der Waals surface area contributed by atoms with Crippen LogP contribution in [0.1, 0.15) is 33.6 Å². The summed E-state index contributed by atoms with van der Waals surface area (Å²) in [5.74, 6) is -0.120. The van der Waals surface area contributed by atoms with Gasteiger partial charge in [-0.1, -0.05) is 36.4 Å². The molecule has 1 N–H and O–H groups in total. The molecule has 0 atom stereocenters. The molecule has 2 saturated heterocycles. The molecule has 7 heteroatoms. The van der Waals surface area contributed by atoms with E-state index in [0.717, 1.165) is 40.9 Å². The first-order valence-corrected chi connectivity index (χ1v) is 12.4. The summed E-state index contributed by atoms with van der Waals surface area (Å²) in [5.41, 5.74) is 0.913. The van der Waals surface area contributed by atoms with Crippen LogP contribution in [0.25, 0.3) is 10.1 Å². The molecule has 174 valence electrons. The van der Waals surface area contributed by atoms with Gasteiger partial charge in [-0.15, -0.1) is 11.3 Å². The monoisotopic (exact) mass is 468 g/mol. The lowest BCUT2D eigenvalue weighted by molar-refractivity contribution is -0.127. The molecule has 2 fully saturated rings. The van der Waals surface area contributed by atoms with E-state index in [1.54, 1.807) is 17.4 Å². The highest BCUT2D eigenvalue weighted by Gasteiger charge is 2.41. The number of aliphatic hydroxyl groups excluding tert-OH is 1. The topological polar surface area (TPSA) is 53.0 Å². The van der Waals surface area contributed by atoms with E-state index in [4.69, 9.17) is 9.84 Å². The normalized spacial score (nSPS) is 18.8. The van der Waals surface area contributed by atoms with Crippen molar-refractivity contribution in [1.82, 2.24) is 9.80 Å². The number of fused-ring (bicyclic) bond motifs is 1. The Morgan fingerprint density at radius 1 is 1.09 bits per heavy atom. The van der Waals surface area contributed by atoms with Crippen molar-refractivity contribution in [3.63, 3.8) is 0 Å². The van der Waals surface area contributed by atoms with E-state index < -0.39 is 0 Å². The summed E-state index contributed by atoms with van der Waals surface area (Å²) in [7, 11) is 0. The molecule has 0 radical (unpaired) electrons. The van der Waals surface area contributed by atoms with Crippen LogP contribution in [0.4, 0.5) is 4.39 Å². The van der Waals surface area contributed by atoms with Gasteiger partial charge in [0.1, 0.15) is 5.82 Å². The molecular formula is C26H29FN2O3S. The number of aliphatic hydroxyl groups is 1. The Hall–Kier alpha value is -2.32. The third-order valence-corrected chi connectivity index (χ3v) is 7.98. The zero-order valence-corrected chi connectivity index (χ0v) is 19.5. The molecule has 5 rings (SSSR count). The number of morpholine rings is 1. The number of carbonyl (C=O) groups is 1. The number of thiophene rings is 1. The predicted molar refractivity (Wildman–Crippen MR) is 128 cm³/mol. The van der Waals surface area contributed by atoms with Gasteiger partial charge < -0.3 is 14.7 Å². The Morgan fingerprint density at radius 3 is 2.67 bits per heavy atom. The van der Waals surface area contributed by atoms with Crippen LogP contribution in [-0.2, 0) is 17.7 Å². The fourth-order valence-electron chi connectivity index (χ4n) is 4.99. The number of amides is 1. The Kier molecular flexibility index (Phi) is 6.47. The van der Waals surface area contributed by atoms with Gasteiger partial charge in [0.05, 0.1) is 23.6 Å². The summed E-state index contributed by atoms with van der Waals surface area (Å²) >= 11 is 1.55. The van der Waals surface area contributed by atoms with Gasteiger partial charge in [-0.2, -0.15) is 0 Å². The van der Waals surface area contributed by atoms with Crippen LogP contribution in [0.15, 0.2) is 48.5 Å². The summed E-state index contributed by atoms with van der Waals surface area (Å²) < 4.78 is 22.1. The van der Waals surface area contributed by atoms with Gasteiger partial charge in [0.15, 0.2) is 0 Å². The Labute approximate surface area is 197 Å². The second-order valence-corrected chi connectivity index (χ2v) is 10.1. The molecule has 2 aliphatic heterocycles. The van der Waals surface area contributed by atoms with Gasteiger partial charge in [0.2, 0.25) is 0 Å². The van der Waals surface area contributed by atoms with Crippen LogP contribution in [0.5, 0.6) is 0 Å². The van der Waals surface area contributed by atoms with Crippen molar-refractivity contribution in [2.45, 2.75) is 31.4 Å². The van der Waals surface area contributed by atoms with Gasteiger partial charge in [0, 0.05) is 43.0 Å². The first-order valence-electron chi connectivity index (χ1n) is 11.6. The maximum atomic E-state index is 14.7. The van der Waals surface area contributed by atoms with E-state index in [2.05, 4.69) is 11.0 Å². The van der Waals surface area contributed by atoms with E-state index in [-0.39, 0.29) is 23.9 Å². The number of likely N-dealkylation sites (tertiary alicyclic amines) is 1. The molecule has 0 unspecified atom stereocenters. The van der Waals surface area contributed by atoms with Gasteiger partial charge in [0.25, 0.3) is 5.91 Å². The van der Waals surface area contributed by atoms with E-state index in [1.165, 1.54) is 0 Å². The lowest BCUT2D eigenvalue weighted by atomic mass is 9.89. The summed E-state index contributed by atoms with van der Waals surface area (Å²) in [5, 5.41) is 10.3. The summed E-state index contributed by atoms with van der Waals surface area (Å²) in [6, 6.07) is 15.5. The number of hydrogen-bond acceptors (Lipinski definition) is 5. The molecule has 3 heterocycles. The van der Waals surface area contributed by atoms with Crippen LogP contribution in [0.3, 0.4) is 0 Å². The third-order valence-electron chi connectivity index (χ3n) is 6.87. The minimum Gasteiger partial charge on any atom is -0.396 e. The highest BCUT2D eigenvalue weighted by molar-refractivity contribution is 7.20. The Bertz CT molecular complexity index is 1110. The second kappa shape index (κ2) is 9.50. The van der Waals surface area contributed by atoms with E-state index >= 15 is 0 Å². The average Bonchev–Trinajstić information content (AvgIpc) is 3.27. The summed E-state index contributed by atoms with van der Waals surface area (Å²) in [4.78, 5) is 18.2. The molecule has 2 aromatic carbocycles. The van der Waals surface area contributed by atoms with Crippen molar-refractivity contribution < 1.29 is 19.0 Å². The molecule has 33 heavy (non-hydrogen) atoms. The number of halogens is 1. The standard InChI is InChI=1S/C26H29FN2O3S/c27-24-19(8-14-30)5-3-6-21(24)17-28-11-9-26(10-12-28)18-29(13-15-32-26)25(31)23-16-20-4-1-2-7-22(20)33-23/h1-7,16,30H,8-15,17-18H2. The number of ether oxygens (including phenoxy) is 1. The molecule has 0 saturated carbocycles. The van der Waals surface area contributed by atoms with E-state index in [1.807, 2.05) is 41.3 Å². The van der Waals surface area contributed by atoms with E-state index in [9.17, 15) is 9.18 Å². The highest BCUT2D eigenvalue weighted by atomic mass is 32.1. The van der Waals surface area contributed by atoms with Gasteiger partial charge in [-0.3, -0.25) is 9.69 Å². The fourth-order valence-corrected chi connectivity index (χ4v) is 6.02. The van der Waals surface area contributed by atoms with Crippen LogP contribution in [0, 0.1) is 5.82 Å². The van der Waals surface area contributed by atoms with E-state index in [0.29, 0.717) is 43.8 Å². The summed E-state index contributed by atoms with van der Waals surface area (Å²) in [6.45, 7) is 3.86. The molecule has 1 spiro atoms. The molecule has 0 bridgehead atoms. The predicted octanol–water partition coefficient (Wildman–Crippen LogP) is 4.08. The maximum absolute atomic E-state index is 14.7. The van der Waals surface area contributed by atoms with Gasteiger partial charge in [-0.05, 0) is 42.3 Å². The van der Waals surface area contributed by atoms with Crippen molar-refractivity contribution in [3.8, 4) is 0 Å². The SMILES string of the molecule is O=C(c1cc2ccccc2s1)N1CCOC2(CCN(Cc3cccc(CCO)c3F)CC2)C1. The van der Waals surface area contributed by atoms with Crippen molar-refractivity contribution in [1.29, 1.82) is 0 Å². The average molecular weight is 469 g/mol. The van der Waals surface area contributed by atoms with Crippen molar-refractivity contribution in [2.24, 2.45) is 0 Å². The molecule has 2 aliphatic rings. The molecule has 5 nitrogen and oxygen atoms in total. The molecule has 1 amide bonds. The minimum atomic E-state index is -0.321. The van der Waals surface area contributed by atoms with Gasteiger partial charge in [-0.25, -0.2) is 4.39 Å². The van der Waals surface area contributed by atoms with Crippen molar-refractivity contribution >= 4 is 27.3 Å². The minimum absolute atomic E-state index is 0.0549. The van der Waals surface area contributed by atoms with Crippen molar-refractivity contribution in [3.05, 3.63) is 70.4 Å².